The number of halogens is 1. The predicted molar refractivity (Wildman–Crippen MR) is 85.4 cm³/mol. The summed E-state index contributed by atoms with van der Waals surface area (Å²) in [6, 6.07) is 5.74. The van der Waals surface area contributed by atoms with E-state index in [4.69, 9.17) is 10.5 Å². The third-order valence-corrected chi connectivity index (χ3v) is 3.01. The molecule has 124 valence electrons. The molecule has 0 aliphatic rings. The van der Waals surface area contributed by atoms with Crippen molar-refractivity contribution in [1.29, 1.82) is 0 Å². The van der Waals surface area contributed by atoms with Crippen molar-refractivity contribution in [1.82, 2.24) is 15.1 Å². The summed E-state index contributed by atoms with van der Waals surface area (Å²) in [7, 11) is 0. The van der Waals surface area contributed by atoms with Crippen molar-refractivity contribution in [3.8, 4) is 0 Å². The third kappa shape index (κ3) is 4.98. The average Bonchev–Trinajstić information content (AvgIpc) is 2.83. The Morgan fingerprint density at radius 1 is 1.48 bits per heavy atom. The van der Waals surface area contributed by atoms with E-state index in [1.54, 1.807) is 43.8 Å². The van der Waals surface area contributed by atoms with Crippen LogP contribution < -0.4 is 11.1 Å². The second-order valence-corrected chi connectivity index (χ2v) is 6.21. The van der Waals surface area contributed by atoms with Crippen molar-refractivity contribution in [2.75, 3.05) is 12.3 Å². The highest BCUT2D eigenvalue weighted by Gasteiger charge is 2.20. The van der Waals surface area contributed by atoms with Crippen LogP contribution in [0.3, 0.4) is 0 Å². The van der Waals surface area contributed by atoms with Crippen LogP contribution in [0.1, 0.15) is 32.4 Å². The van der Waals surface area contributed by atoms with E-state index in [1.165, 1.54) is 18.3 Å². The first kappa shape index (κ1) is 16.8. The van der Waals surface area contributed by atoms with E-state index >= 15 is 0 Å². The highest BCUT2D eigenvalue weighted by Crippen LogP contribution is 2.19. The summed E-state index contributed by atoms with van der Waals surface area (Å²) in [4.78, 5) is 11.8. The van der Waals surface area contributed by atoms with Gasteiger partial charge in [0.15, 0.2) is 0 Å². The van der Waals surface area contributed by atoms with Crippen LogP contribution >= 0.6 is 0 Å². The lowest BCUT2D eigenvalue weighted by Crippen LogP contribution is -2.36. The Balaban J connectivity index is 2.16. The molecule has 0 radical (unpaired) electrons. The lowest BCUT2D eigenvalue weighted by Gasteiger charge is -2.22. The third-order valence-electron chi connectivity index (χ3n) is 3.01. The summed E-state index contributed by atoms with van der Waals surface area (Å²) < 4.78 is 20.3. The summed E-state index contributed by atoms with van der Waals surface area (Å²) in [6.07, 6.45) is 2.59. The van der Waals surface area contributed by atoms with E-state index in [0.29, 0.717) is 11.3 Å². The number of alkyl carbamates (subject to hydrolysis) is 1. The van der Waals surface area contributed by atoms with Gasteiger partial charge in [-0.2, -0.15) is 5.10 Å². The summed E-state index contributed by atoms with van der Waals surface area (Å²) in [5.41, 5.74) is 6.27. The smallest absolute Gasteiger partial charge is 0.407 e. The summed E-state index contributed by atoms with van der Waals surface area (Å²) in [6.45, 7) is 5.54. The van der Waals surface area contributed by atoms with Gasteiger partial charge in [-0.1, -0.05) is 12.1 Å². The molecular weight excluding hydrogens is 299 g/mol. The molecule has 0 aliphatic heterocycles. The van der Waals surface area contributed by atoms with E-state index in [1.807, 2.05) is 0 Å². The quantitative estimate of drug-likeness (QED) is 0.907. The molecular formula is C16H21FN4O2. The van der Waals surface area contributed by atoms with Crippen molar-refractivity contribution in [3.05, 3.63) is 48.0 Å². The van der Waals surface area contributed by atoms with Gasteiger partial charge in [-0.25, -0.2) is 9.18 Å². The largest absolute Gasteiger partial charge is 0.444 e. The highest BCUT2D eigenvalue weighted by atomic mass is 19.1. The first-order valence-corrected chi connectivity index (χ1v) is 7.26. The monoisotopic (exact) mass is 320 g/mol. The van der Waals surface area contributed by atoms with E-state index in [2.05, 4.69) is 10.4 Å². The van der Waals surface area contributed by atoms with Crippen molar-refractivity contribution >= 4 is 11.8 Å². The Bertz CT molecular complexity index is 679. The molecule has 0 bridgehead atoms. The summed E-state index contributed by atoms with van der Waals surface area (Å²) >= 11 is 0. The number of hydrogen-bond donors (Lipinski definition) is 2. The minimum Gasteiger partial charge on any atom is -0.444 e. The van der Waals surface area contributed by atoms with Gasteiger partial charge in [0, 0.05) is 12.7 Å². The fraction of sp³-hybridized carbons (Fsp3) is 0.375. The lowest BCUT2D eigenvalue weighted by atomic mass is 10.1. The molecule has 0 saturated carbocycles. The molecule has 23 heavy (non-hydrogen) atoms. The van der Waals surface area contributed by atoms with Crippen molar-refractivity contribution in [2.45, 2.75) is 32.4 Å². The minimum atomic E-state index is -0.589. The normalized spacial score (nSPS) is 12.7. The molecule has 7 heteroatoms. The molecule has 3 N–H and O–H groups in total. The van der Waals surface area contributed by atoms with Gasteiger partial charge in [0.1, 0.15) is 11.4 Å². The van der Waals surface area contributed by atoms with Crippen LogP contribution in [0.15, 0.2) is 36.7 Å². The number of anilines is 1. The van der Waals surface area contributed by atoms with Gasteiger partial charge >= 0.3 is 6.09 Å². The minimum absolute atomic E-state index is 0.194. The number of nitrogens with one attached hydrogen (secondary N) is 1. The van der Waals surface area contributed by atoms with E-state index in [-0.39, 0.29) is 12.4 Å². The summed E-state index contributed by atoms with van der Waals surface area (Å²) in [5.74, 6) is -0.357. The molecule has 0 spiro atoms. The Labute approximate surface area is 134 Å². The zero-order valence-electron chi connectivity index (χ0n) is 13.4. The number of nitrogen functional groups attached to an aromatic ring is 1. The molecule has 1 amide bonds. The van der Waals surface area contributed by atoms with Crippen LogP contribution in [0.5, 0.6) is 0 Å². The first-order valence-electron chi connectivity index (χ1n) is 7.26. The molecule has 0 aliphatic carbocycles. The van der Waals surface area contributed by atoms with Crippen LogP contribution in [0, 0.1) is 5.82 Å². The van der Waals surface area contributed by atoms with Gasteiger partial charge in [0.2, 0.25) is 0 Å². The molecule has 1 aromatic carbocycles. The average molecular weight is 320 g/mol. The number of carbonyl (C=O) groups is 1. The number of ether oxygens (including phenoxy) is 1. The predicted octanol–water partition coefficient (Wildman–Crippen LogP) is 2.72. The number of nitrogens with two attached hydrogens (primary N) is 1. The maximum atomic E-state index is 13.5. The molecule has 6 nitrogen and oxygen atoms in total. The van der Waals surface area contributed by atoms with Crippen LogP contribution in [0.4, 0.5) is 14.9 Å². The molecule has 1 aromatic heterocycles. The number of rotatable bonds is 4. The van der Waals surface area contributed by atoms with Crippen LogP contribution in [-0.2, 0) is 4.74 Å². The number of benzene rings is 1. The van der Waals surface area contributed by atoms with E-state index in [0.717, 1.165) is 0 Å². The van der Waals surface area contributed by atoms with Gasteiger partial charge < -0.3 is 15.8 Å². The van der Waals surface area contributed by atoms with E-state index in [9.17, 15) is 9.18 Å². The Morgan fingerprint density at radius 3 is 2.78 bits per heavy atom. The number of aromatic nitrogens is 2. The number of hydrogen-bond acceptors (Lipinski definition) is 4. The highest BCUT2D eigenvalue weighted by molar-refractivity contribution is 5.67. The molecule has 0 saturated heterocycles. The zero-order valence-corrected chi connectivity index (χ0v) is 13.4. The molecule has 1 atom stereocenters. The topological polar surface area (TPSA) is 82.2 Å². The van der Waals surface area contributed by atoms with Crippen LogP contribution in [0.2, 0.25) is 0 Å². The Kier molecular flexibility index (Phi) is 4.88. The van der Waals surface area contributed by atoms with Crippen LogP contribution in [0.25, 0.3) is 0 Å². The standard InChI is InChI=1S/C16H21FN4O2/c1-16(2,3)23-15(22)19-9-14(21-10-13(18)8-20-21)11-5-4-6-12(17)7-11/h4-8,10,14H,9,18H2,1-3H3,(H,19,22). The fourth-order valence-corrected chi connectivity index (χ4v) is 2.10. The molecule has 1 unspecified atom stereocenters. The maximum absolute atomic E-state index is 13.5. The van der Waals surface area contributed by atoms with Gasteiger partial charge in [-0.05, 0) is 38.5 Å². The van der Waals surface area contributed by atoms with Crippen molar-refractivity contribution in [2.24, 2.45) is 0 Å². The first-order chi connectivity index (χ1) is 10.7. The zero-order chi connectivity index (χ0) is 17.0. The number of nitrogens with zero attached hydrogens (tertiary/aromatic N) is 2. The molecule has 0 fully saturated rings. The fourth-order valence-electron chi connectivity index (χ4n) is 2.10. The second-order valence-electron chi connectivity index (χ2n) is 6.21. The Morgan fingerprint density at radius 2 is 2.22 bits per heavy atom. The van der Waals surface area contributed by atoms with Gasteiger partial charge in [0.05, 0.1) is 17.9 Å². The van der Waals surface area contributed by atoms with Gasteiger partial charge in [-0.15, -0.1) is 0 Å². The molecule has 2 rings (SSSR count). The van der Waals surface area contributed by atoms with Crippen LogP contribution in [-0.4, -0.2) is 28.0 Å². The van der Waals surface area contributed by atoms with E-state index < -0.39 is 17.7 Å². The molecule has 2 aromatic rings. The molecule has 1 heterocycles. The lowest BCUT2D eigenvalue weighted by molar-refractivity contribution is 0.0522. The van der Waals surface area contributed by atoms with Crippen molar-refractivity contribution in [3.63, 3.8) is 0 Å². The number of amides is 1. The van der Waals surface area contributed by atoms with Gasteiger partial charge in [0.25, 0.3) is 0 Å². The maximum Gasteiger partial charge on any atom is 0.407 e. The summed E-state index contributed by atoms with van der Waals surface area (Å²) in [5, 5.41) is 6.83. The SMILES string of the molecule is CC(C)(C)OC(=O)NCC(c1cccc(F)c1)n1cc(N)cn1. The Hall–Kier alpha value is -2.57. The second kappa shape index (κ2) is 6.68. The van der Waals surface area contributed by atoms with Gasteiger partial charge in [-0.3, -0.25) is 4.68 Å². The van der Waals surface area contributed by atoms with Crippen molar-refractivity contribution < 1.29 is 13.9 Å². The number of carbonyl (C=O) groups excluding carboxylic acids is 1.